The van der Waals surface area contributed by atoms with Crippen LogP contribution in [0.2, 0.25) is 0 Å². The second-order valence-electron chi connectivity index (χ2n) is 5.79. The fourth-order valence-electron chi connectivity index (χ4n) is 3.29. The average molecular weight is 298 g/mol. The van der Waals surface area contributed by atoms with Crippen molar-refractivity contribution in [2.75, 3.05) is 6.54 Å². The highest BCUT2D eigenvalue weighted by Crippen LogP contribution is 2.25. The number of nitrogens with zero attached hydrogens (tertiary/aromatic N) is 1. The summed E-state index contributed by atoms with van der Waals surface area (Å²) in [6.07, 6.45) is 1.81. The fourth-order valence-corrected chi connectivity index (χ4v) is 4.18. The lowest BCUT2D eigenvalue weighted by Gasteiger charge is -2.33. The molecule has 3 heterocycles. The van der Waals surface area contributed by atoms with Gasteiger partial charge in [-0.05, 0) is 41.0 Å². The Kier molecular flexibility index (Phi) is 3.28. The number of hydrogen-bond donors (Lipinski definition) is 1. The highest BCUT2D eigenvalue weighted by atomic mass is 32.1. The Morgan fingerprint density at radius 1 is 1.19 bits per heavy atom. The Hall–Kier alpha value is -1.65. The smallest absolute Gasteiger partial charge is 0.240 e. The average Bonchev–Trinajstić information content (AvgIpc) is 3.01. The van der Waals surface area contributed by atoms with Crippen LogP contribution in [-0.4, -0.2) is 23.4 Å². The highest BCUT2D eigenvalue weighted by molar-refractivity contribution is 7.10. The van der Waals surface area contributed by atoms with Crippen molar-refractivity contribution in [3.8, 4) is 0 Å². The van der Waals surface area contributed by atoms with Gasteiger partial charge in [0.15, 0.2) is 0 Å². The molecule has 0 saturated heterocycles. The number of nitrogens with one attached hydrogen (secondary N) is 1. The van der Waals surface area contributed by atoms with Gasteiger partial charge in [-0.15, -0.1) is 11.3 Å². The van der Waals surface area contributed by atoms with E-state index in [1.807, 2.05) is 16.2 Å². The van der Waals surface area contributed by atoms with Crippen LogP contribution in [-0.2, 0) is 30.7 Å². The molecule has 0 saturated carbocycles. The van der Waals surface area contributed by atoms with Crippen LogP contribution >= 0.6 is 11.3 Å². The summed E-state index contributed by atoms with van der Waals surface area (Å²) in [5, 5.41) is 5.53. The molecule has 0 bridgehead atoms. The zero-order valence-electron chi connectivity index (χ0n) is 11.8. The molecule has 3 nitrogen and oxygen atoms in total. The van der Waals surface area contributed by atoms with Crippen LogP contribution in [0.15, 0.2) is 35.7 Å². The second-order valence-corrected chi connectivity index (χ2v) is 6.79. The monoisotopic (exact) mass is 298 g/mol. The standard InChI is InChI=1S/C17H18N2OS/c20-17(19-7-5-16-14(11-19)6-8-21-16)15-9-12-3-1-2-4-13(12)10-18-15/h1-4,6,8,15,18H,5,7,9-11H2/t15-/m1/s1. The molecule has 0 fully saturated rings. The first-order chi connectivity index (χ1) is 10.3. The first-order valence-electron chi connectivity index (χ1n) is 7.45. The van der Waals surface area contributed by atoms with Crippen LogP contribution in [0.25, 0.3) is 0 Å². The Balaban J connectivity index is 1.49. The molecule has 108 valence electrons. The molecule has 0 radical (unpaired) electrons. The third-order valence-electron chi connectivity index (χ3n) is 4.50. The molecule has 0 unspecified atom stereocenters. The molecule has 4 rings (SSSR count). The summed E-state index contributed by atoms with van der Waals surface area (Å²) in [4.78, 5) is 16.2. The SMILES string of the molecule is O=C([C@H]1Cc2ccccc2CN1)N1CCc2sccc2C1. The van der Waals surface area contributed by atoms with E-state index in [-0.39, 0.29) is 11.9 Å². The van der Waals surface area contributed by atoms with Gasteiger partial charge in [0.1, 0.15) is 0 Å². The molecule has 1 N–H and O–H groups in total. The van der Waals surface area contributed by atoms with Crippen LogP contribution in [0.4, 0.5) is 0 Å². The Morgan fingerprint density at radius 3 is 2.95 bits per heavy atom. The number of rotatable bonds is 1. The maximum absolute atomic E-state index is 12.8. The number of carbonyl (C=O) groups is 1. The quantitative estimate of drug-likeness (QED) is 0.876. The van der Waals surface area contributed by atoms with Crippen LogP contribution in [0, 0.1) is 0 Å². The minimum atomic E-state index is -0.0694. The van der Waals surface area contributed by atoms with Gasteiger partial charge in [-0.25, -0.2) is 0 Å². The van der Waals surface area contributed by atoms with Gasteiger partial charge in [0, 0.05) is 24.5 Å². The minimum Gasteiger partial charge on any atom is -0.337 e. The van der Waals surface area contributed by atoms with E-state index in [9.17, 15) is 4.79 Å². The lowest BCUT2D eigenvalue weighted by atomic mass is 9.94. The van der Waals surface area contributed by atoms with Gasteiger partial charge < -0.3 is 10.2 Å². The molecule has 1 aromatic heterocycles. The van der Waals surface area contributed by atoms with Gasteiger partial charge >= 0.3 is 0 Å². The van der Waals surface area contributed by atoms with Crippen molar-refractivity contribution in [3.63, 3.8) is 0 Å². The van der Waals surface area contributed by atoms with Crippen molar-refractivity contribution in [2.45, 2.75) is 32.0 Å². The van der Waals surface area contributed by atoms with Gasteiger partial charge in [0.05, 0.1) is 6.04 Å². The summed E-state index contributed by atoms with van der Waals surface area (Å²) in [7, 11) is 0. The lowest BCUT2D eigenvalue weighted by Crippen LogP contribution is -2.50. The molecule has 4 heteroatoms. The van der Waals surface area contributed by atoms with E-state index in [0.717, 1.165) is 32.5 Å². The normalized spacial score (nSPS) is 20.8. The van der Waals surface area contributed by atoms with Gasteiger partial charge in [0.25, 0.3) is 0 Å². The summed E-state index contributed by atoms with van der Waals surface area (Å²) in [5.74, 6) is 0.251. The summed E-state index contributed by atoms with van der Waals surface area (Å²) in [5.41, 5.74) is 3.96. The Morgan fingerprint density at radius 2 is 2.05 bits per heavy atom. The summed E-state index contributed by atoms with van der Waals surface area (Å²) in [6.45, 7) is 2.42. The van der Waals surface area contributed by atoms with Crippen LogP contribution in [0.3, 0.4) is 0 Å². The molecular formula is C17H18N2OS. The Labute approximate surface area is 128 Å². The third-order valence-corrected chi connectivity index (χ3v) is 5.52. The topological polar surface area (TPSA) is 32.3 Å². The number of hydrogen-bond acceptors (Lipinski definition) is 3. The molecule has 2 aromatic rings. The van der Waals surface area contributed by atoms with Crippen molar-refractivity contribution in [3.05, 3.63) is 57.3 Å². The predicted octanol–water partition coefficient (Wildman–Crippen LogP) is 2.35. The molecule has 0 spiro atoms. The van der Waals surface area contributed by atoms with Crippen molar-refractivity contribution in [2.24, 2.45) is 0 Å². The van der Waals surface area contributed by atoms with Crippen LogP contribution in [0.1, 0.15) is 21.6 Å². The fraction of sp³-hybridized carbons (Fsp3) is 0.353. The first-order valence-corrected chi connectivity index (χ1v) is 8.33. The van der Waals surface area contributed by atoms with E-state index < -0.39 is 0 Å². The van der Waals surface area contributed by atoms with Crippen molar-refractivity contribution < 1.29 is 4.79 Å². The molecule has 1 aromatic carbocycles. The van der Waals surface area contributed by atoms with Gasteiger partial charge in [-0.2, -0.15) is 0 Å². The van der Waals surface area contributed by atoms with Gasteiger partial charge in [0.2, 0.25) is 5.91 Å². The Bertz CT molecular complexity index is 679. The van der Waals surface area contributed by atoms with E-state index in [1.54, 1.807) is 0 Å². The summed E-state index contributed by atoms with van der Waals surface area (Å²) >= 11 is 1.81. The molecule has 1 amide bonds. The maximum Gasteiger partial charge on any atom is 0.240 e. The molecule has 1 atom stereocenters. The molecule has 21 heavy (non-hydrogen) atoms. The van der Waals surface area contributed by atoms with Crippen molar-refractivity contribution in [1.82, 2.24) is 10.2 Å². The minimum absolute atomic E-state index is 0.0694. The molecule has 0 aliphatic carbocycles. The van der Waals surface area contributed by atoms with E-state index >= 15 is 0 Å². The van der Waals surface area contributed by atoms with Crippen molar-refractivity contribution in [1.29, 1.82) is 0 Å². The third kappa shape index (κ3) is 2.39. The highest BCUT2D eigenvalue weighted by Gasteiger charge is 2.30. The zero-order valence-corrected chi connectivity index (χ0v) is 12.7. The van der Waals surface area contributed by atoms with Crippen molar-refractivity contribution >= 4 is 17.2 Å². The number of benzene rings is 1. The number of fused-ring (bicyclic) bond motifs is 2. The van der Waals surface area contributed by atoms with Crippen LogP contribution < -0.4 is 5.32 Å². The van der Waals surface area contributed by atoms with E-state index in [0.29, 0.717) is 0 Å². The van der Waals surface area contributed by atoms with Crippen LogP contribution in [0.5, 0.6) is 0 Å². The molecular weight excluding hydrogens is 280 g/mol. The largest absolute Gasteiger partial charge is 0.337 e. The first kappa shape index (κ1) is 13.0. The zero-order chi connectivity index (χ0) is 14.2. The van der Waals surface area contributed by atoms with Gasteiger partial charge in [-0.1, -0.05) is 24.3 Å². The van der Waals surface area contributed by atoms with E-state index in [4.69, 9.17) is 0 Å². The number of carbonyl (C=O) groups excluding carboxylic acids is 1. The summed E-state index contributed by atoms with van der Waals surface area (Å²) < 4.78 is 0. The number of amides is 1. The number of thiophene rings is 1. The molecule has 2 aliphatic rings. The summed E-state index contributed by atoms with van der Waals surface area (Å²) in [6, 6.07) is 10.5. The second kappa shape index (κ2) is 5.28. The maximum atomic E-state index is 12.8. The molecule has 2 aliphatic heterocycles. The lowest BCUT2D eigenvalue weighted by molar-refractivity contribution is -0.134. The van der Waals surface area contributed by atoms with E-state index in [1.165, 1.54) is 21.6 Å². The van der Waals surface area contributed by atoms with Gasteiger partial charge in [-0.3, -0.25) is 4.79 Å². The van der Waals surface area contributed by atoms with E-state index in [2.05, 4.69) is 41.0 Å². The predicted molar refractivity (Wildman–Crippen MR) is 84.2 cm³/mol.